The molecule has 0 saturated carbocycles. The van der Waals surface area contributed by atoms with E-state index in [9.17, 15) is 9.59 Å². The van der Waals surface area contributed by atoms with E-state index in [1.807, 2.05) is 35.2 Å². The predicted molar refractivity (Wildman–Crippen MR) is 114 cm³/mol. The van der Waals surface area contributed by atoms with Crippen LogP contribution in [0.25, 0.3) is 0 Å². The van der Waals surface area contributed by atoms with Gasteiger partial charge in [-0.3, -0.25) is 4.79 Å². The van der Waals surface area contributed by atoms with Gasteiger partial charge in [-0.15, -0.1) is 0 Å². The monoisotopic (exact) mass is 410 g/mol. The lowest BCUT2D eigenvalue weighted by Crippen LogP contribution is -2.36. The van der Waals surface area contributed by atoms with E-state index in [0.29, 0.717) is 13.2 Å². The molecule has 0 bridgehead atoms. The summed E-state index contributed by atoms with van der Waals surface area (Å²) in [7, 11) is 0. The van der Waals surface area contributed by atoms with E-state index in [-0.39, 0.29) is 11.7 Å². The van der Waals surface area contributed by atoms with Crippen molar-refractivity contribution in [2.45, 2.75) is 45.1 Å². The van der Waals surface area contributed by atoms with Crippen molar-refractivity contribution >= 4 is 6.09 Å². The van der Waals surface area contributed by atoms with Crippen molar-refractivity contribution in [1.29, 1.82) is 0 Å². The van der Waals surface area contributed by atoms with Crippen molar-refractivity contribution in [3.05, 3.63) is 63.1 Å². The summed E-state index contributed by atoms with van der Waals surface area (Å²) in [5.74, 6) is 0. The molecule has 1 N–H and O–H groups in total. The normalized spacial score (nSPS) is 17.3. The van der Waals surface area contributed by atoms with E-state index in [0.717, 1.165) is 81.5 Å². The molecular formula is C23H30N4O3. The molecule has 1 aliphatic carbocycles. The fourth-order valence-electron chi connectivity index (χ4n) is 4.39. The molecule has 1 aromatic carbocycles. The largest absolute Gasteiger partial charge is 0.445 e. The van der Waals surface area contributed by atoms with Crippen LogP contribution in [-0.4, -0.2) is 58.8 Å². The summed E-state index contributed by atoms with van der Waals surface area (Å²) in [5, 5.41) is 7.03. The number of aromatic nitrogens is 2. The van der Waals surface area contributed by atoms with E-state index in [1.54, 1.807) is 0 Å². The second kappa shape index (κ2) is 9.89. The Kier molecular flexibility index (Phi) is 6.79. The molecule has 0 atom stereocenters. The summed E-state index contributed by atoms with van der Waals surface area (Å²) in [6.07, 6.45) is 5.57. The molecule has 30 heavy (non-hydrogen) atoms. The topological polar surface area (TPSA) is 78.5 Å². The molecule has 0 unspecified atom stereocenters. The van der Waals surface area contributed by atoms with Crippen molar-refractivity contribution in [1.82, 2.24) is 20.0 Å². The lowest BCUT2D eigenvalue weighted by atomic mass is 9.91. The number of hydrogen-bond donors (Lipinski definition) is 1. The molecule has 1 fully saturated rings. The smallest absolute Gasteiger partial charge is 0.410 e. The molecule has 4 rings (SSSR count). The number of fused-ring (bicyclic) bond motifs is 1. The molecule has 1 aromatic heterocycles. The third-order valence-electron chi connectivity index (χ3n) is 6.10. The highest BCUT2D eigenvalue weighted by Crippen LogP contribution is 2.20. The number of rotatable bonds is 5. The van der Waals surface area contributed by atoms with Crippen LogP contribution in [0.1, 0.15) is 41.6 Å². The van der Waals surface area contributed by atoms with Crippen LogP contribution in [0.4, 0.5) is 4.79 Å². The van der Waals surface area contributed by atoms with Gasteiger partial charge in [-0.05, 0) is 49.8 Å². The predicted octanol–water partition coefficient (Wildman–Crippen LogP) is 2.54. The minimum atomic E-state index is -0.239. The number of H-pyrrole nitrogens is 1. The maximum absolute atomic E-state index is 12.4. The van der Waals surface area contributed by atoms with E-state index in [1.165, 1.54) is 5.56 Å². The van der Waals surface area contributed by atoms with Crippen LogP contribution in [0.5, 0.6) is 0 Å². The van der Waals surface area contributed by atoms with Crippen molar-refractivity contribution in [2.75, 3.05) is 32.7 Å². The number of nitrogens with zero attached hydrogens (tertiary/aromatic N) is 3. The standard InChI is InChI=1S/C23H30N4O3/c28-22-20-10-5-4-9-19(20)21(24-25-22)11-14-26-12-6-13-27(16-15-26)23(29)30-17-18-7-2-1-3-8-18/h1-3,7-8H,4-6,9-17H2,(H,25,28). The Morgan fingerprint density at radius 2 is 1.80 bits per heavy atom. The van der Waals surface area contributed by atoms with Crippen molar-refractivity contribution in [3.8, 4) is 0 Å². The van der Waals surface area contributed by atoms with E-state index in [4.69, 9.17) is 4.74 Å². The number of hydrogen-bond acceptors (Lipinski definition) is 5. The highest BCUT2D eigenvalue weighted by Gasteiger charge is 2.22. The Morgan fingerprint density at radius 1 is 1.00 bits per heavy atom. The molecule has 2 aromatic rings. The van der Waals surface area contributed by atoms with Gasteiger partial charge in [-0.25, -0.2) is 9.89 Å². The fourth-order valence-corrected chi connectivity index (χ4v) is 4.39. The maximum Gasteiger partial charge on any atom is 0.410 e. The van der Waals surface area contributed by atoms with Gasteiger partial charge in [-0.1, -0.05) is 30.3 Å². The zero-order chi connectivity index (χ0) is 20.8. The van der Waals surface area contributed by atoms with Crippen LogP contribution < -0.4 is 5.56 Å². The van der Waals surface area contributed by atoms with Crippen LogP contribution in [-0.2, 0) is 30.6 Å². The maximum atomic E-state index is 12.4. The Hall–Kier alpha value is -2.67. The van der Waals surface area contributed by atoms with Gasteiger partial charge in [0.1, 0.15) is 6.61 Å². The third kappa shape index (κ3) is 5.08. The minimum absolute atomic E-state index is 0.0205. The molecule has 1 amide bonds. The lowest BCUT2D eigenvalue weighted by molar-refractivity contribution is 0.0973. The first kappa shape index (κ1) is 20.6. The highest BCUT2D eigenvalue weighted by atomic mass is 16.6. The van der Waals surface area contributed by atoms with Crippen molar-refractivity contribution in [2.24, 2.45) is 0 Å². The van der Waals surface area contributed by atoms with Crippen molar-refractivity contribution in [3.63, 3.8) is 0 Å². The molecule has 1 aliphatic heterocycles. The molecule has 7 nitrogen and oxygen atoms in total. The summed E-state index contributed by atoms with van der Waals surface area (Å²) >= 11 is 0. The van der Waals surface area contributed by atoms with E-state index < -0.39 is 0 Å². The number of amides is 1. The Morgan fingerprint density at radius 3 is 2.63 bits per heavy atom. The zero-order valence-corrected chi connectivity index (χ0v) is 17.4. The number of carbonyl (C=O) groups excluding carboxylic acids is 1. The van der Waals surface area contributed by atoms with Crippen LogP contribution in [0, 0.1) is 0 Å². The summed E-state index contributed by atoms with van der Waals surface area (Å²) in [4.78, 5) is 28.7. The molecule has 7 heteroatoms. The van der Waals surface area contributed by atoms with Gasteiger partial charge in [0.2, 0.25) is 0 Å². The van der Waals surface area contributed by atoms with Gasteiger partial charge in [0.15, 0.2) is 0 Å². The third-order valence-corrected chi connectivity index (χ3v) is 6.10. The van der Waals surface area contributed by atoms with E-state index in [2.05, 4.69) is 15.1 Å². The average molecular weight is 411 g/mol. The number of nitrogens with one attached hydrogen (secondary N) is 1. The summed E-state index contributed by atoms with van der Waals surface area (Å²) in [6.45, 7) is 4.36. The van der Waals surface area contributed by atoms with Gasteiger partial charge < -0.3 is 14.5 Å². The average Bonchev–Trinajstić information content (AvgIpc) is 3.04. The Balaban J connectivity index is 1.28. The molecule has 0 radical (unpaired) electrons. The molecule has 2 heterocycles. The first-order valence-electron chi connectivity index (χ1n) is 11.0. The lowest BCUT2D eigenvalue weighted by Gasteiger charge is -2.22. The molecule has 160 valence electrons. The van der Waals surface area contributed by atoms with E-state index >= 15 is 0 Å². The summed E-state index contributed by atoms with van der Waals surface area (Å²) in [5.41, 5.74) is 4.12. The van der Waals surface area contributed by atoms with Crippen LogP contribution >= 0.6 is 0 Å². The number of benzene rings is 1. The second-order valence-corrected chi connectivity index (χ2v) is 8.14. The highest BCUT2D eigenvalue weighted by molar-refractivity contribution is 5.67. The van der Waals surface area contributed by atoms with Crippen LogP contribution in [0.3, 0.4) is 0 Å². The quantitative estimate of drug-likeness (QED) is 0.820. The van der Waals surface area contributed by atoms with Gasteiger partial charge in [0.25, 0.3) is 5.56 Å². The number of aromatic amines is 1. The SMILES string of the molecule is O=C(OCc1ccccc1)N1CCCN(CCc2n[nH]c(=O)c3c2CCCC3)CC1. The van der Waals surface area contributed by atoms with Crippen molar-refractivity contribution < 1.29 is 9.53 Å². The number of ether oxygens (including phenoxy) is 1. The Labute approximate surface area is 177 Å². The van der Waals surface area contributed by atoms with Gasteiger partial charge in [-0.2, -0.15) is 5.10 Å². The molecule has 1 saturated heterocycles. The molecular weight excluding hydrogens is 380 g/mol. The van der Waals surface area contributed by atoms with Gasteiger partial charge in [0.05, 0.1) is 5.69 Å². The van der Waals surface area contributed by atoms with Gasteiger partial charge in [0, 0.05) is 38.2 Å². The van der Waals surface area contributed by atoms with Crippen LogP contribution in [0.15, 0.2) is 35.1 Å². The first-order valence-corrected chi connectivity index (χ1v) is 11.0. The Bertz CT molecular complexity index is 912. The second-order valence-electron chi connectivity index (χ2n) is 8.14. The van der Waals surface area contributed by atoms with Gasteiger partial charge >= 0.3 is 6.09 Å². The minimum Gasteiger partial charge on any atom is -0.445 e. The first-order chi connectivity index (χ1) is 14.7. The zero-order valence-electron chi connectivity index (χ0n) is 17.4. The number of carbonyl (C=O) groups is 1. The fraction of sp³-hybridized carbons (Fsp3) is 0.522. The summed E-state index contributed by atoms with van der Waals surface area (Å²) in [6, 6.07) is 9.76. The van der Waals surface area contributed by atoms with Crippen LogP contribution in [0.2, 0.25) is 0 Å². The summed E-state index contributed by atoms with van der Waals surface area (Å²) < 4.78 is 5.49. The molecule has 0 spiro atoms. The molecule has 2 aliphatic rings.